The van der Waals surface area contributed by atoms with Crippen LogP contribution in [0, 0.1) is 18.3 Å². The maximum atomic E-state index is 11.8. The van der Waals surface area contributed by atoms with Crippen molar-refractivity contribution in [2.24, 2.45) is 0 Å². The van der Waals surface area contributed by atoms with Crippen molar-refractivity contribution in [2.45, 2.75) is 13.3 Å². The zero-order valence-corrected chi connectivity index (χ0v) is 10.6. The van der Waals surface area contributed by atoms with Gasteiger partial charge in [0, 0.05) is 22.7 Å². The molecule has 2 aromatic rings. The minimum atomic E-state index is -0.175. The third-order valence-corrected chi connectivity index (χ3v) is 3.14. The van der Waals surface area contributed by atoms with Gasteiger partial charge in [-0.1, -0.05) is 29.8 Å². The van der Waals surface area contributed by atoms with E-state index in [1.807, 2.05) is 18.2 Å². The Bertz CT molecular complexity index is 683. The highest BCUT2D eigenvalue weighted by Gasteiger charge is 2.08. The van der Waals surface area contributed by atoms with E-state index in [0.717, 1.165) is 5.56 Å². The fourth-order valence-electron chi connectivity index (χ4n) is 1.76. The highest BCUT2D eigenvalue weighted by molar-refractivity contribution is 6.31. The predicted molar refractivity (Wildman–Crippen MR) is 70.8 cm³/mol. The second-order valence-electron chi connectivity index (χ2n) is 4.04. The van der Waals surface area contributed by atoms with Gasteiger partial charge in [0.15, 0.2) is 0 Å². The van der Waals surface area contributed by atoms with E-state index in [1.54, 1.807) is 19.1 Å². The topological polar surface area (TPSA) is 56.6 Å². The third kappa shape index (κ3) is 2.44. The fourth-order valence-corrected chi connectivity index (χ4v) is 1.96. The number of aryl methyl sites for hydroxylation is 1. The van der Waals surface area contributed by atoms with Crippen LogP contribution < -0.4 is 5.56 Å². The predicted octanol–water partition coefficient (Wildman–Crippen LogP) is 2.80. The molecule has 0 atom stereocenters. The molecule has 0 fully saturated rings. The molecule has 0 saturated carbocycles. The number of rotatable bonds is 2. The third-order valence-electron chi connectivity index (χ3n) is 2.77. The Hall–Kier alpha value is -2.05. The molecule has 1 N–H and O–H groups in total. The Kier molecular flexibility index (Phi) is 3.50. The molecule has 0 aliphatic rings. The molecule has 0 aliphatic heterocycles. The van der Waals surface area contributed by atoms with Gasteiger partial charge in [-0.25, -0.2) is 0 Å². The summed E-state index contributed by atoms with van der Waals surface area (Å²) in [6, 6.07) is 11.0. The lowest BCUT2D eigenvalue weighted by molar-refractivity contribution is 1.05. The van der Waals surface area contributed by atoms with E-state index in [4.69, 9.17) is 16.9 Å². The molecular weight excluding hydrogens is 248 g/mol. The lowest BCUT2D eigenvalue weighted by atomic mass is 10.0. The van der Waals surface area contributed by atoms with Crippen molar-refractivity contribution in [1.29, 1.82) is 5.26 Å². The average molecular weight is 259 g/mol. The first kappa shape index (κ1) is 12.4. The first-order chi connectivity index (χ1) is 8.61. The van der Waals surface area contributed by atoms with E-state index < -0.39 is 0 Å². The second-order valence-corrected chi connectivity index (χ2v) is 4.45. The van der Waals surface area contributed by atoms with Crippen LogP contribution in [-0.4, -0.2) is 4.98 Å². The van der Waals surface area contributed by atoms with Crippen LogP contribution in [0.4, 0.5) is 0 Å². The van der Waals surface area contributed by atoms with Crippen molar-refractivity contribution in [1.82, 2.24) is 4.98 Å². The second kappa shape index (κ2) is 5.07. The molecule has 4 heteroatoms. The van der Waals surface area contributed by atoms with Crippen LogP contribution in [0.5, 0.6) is 0 Å². The van der Waals surface area contributed by atoms with Crippen LogP contribution in [0.3, 0.4) is 0 Å². The molecule has 0 aliphatic carbocycles. The summed E-state index contributed by atoms with van der Waals surface area (Å²) < 4.78 is 0. The van der Waals surface area contributed by atoms with E-state index in [1.165, 1.54) is 0 Å². The van der Waals surface area contributed by atoms with Gasteiger partial charge in [0.1, 0.15) is 6.07 Å². The van der Waals surface area contributed by atoms with Crippen LogP contribution in [0.2, 0.25) is 5.02 Å². The Balaban J connectivity index is 2.45. The van der Waals surface area contributed by atoms with Crippen molar-refractivity contribution < 1.29 is 0 Å². The SMILES string of the molecule is Cc1[nH]c(=O)c(Cc2ccccc2Cl)cc1C#N. The van der Waals surface area contributed by atoms with Gasteiger partial charge >= 0.3 is 0 Å². The van der Waals surface area contributed by atoms with Crippen LogP contribution in [-0.2, 0) is 6.42 Å². The number of benzene rings is 1. The summed E-state index contributed by atoms with van der Waals surface area (Å²) in [5.41, 5.74) is 2.32. The summed E-state index contributed by atoms with van der Waals surface area (Å²) in [5, 5.41) is 9.58. The fraction of sp³-hybridized carbons (Fsp3) is 0.143. The van der Waals surface area contributed by atoms with Gasteiger partial charge in [-0.05, 0) is 24.6 Å². The van der Waals surface area contributed by atoms with E-state index in [-0.39, 0.29) is 5.56 Å². The first-order valence-electron chi connectivity index (χ1n) is 5.48. The number of H-pyrrole nitrogens is 1. The number of nitriles is 1. The Morgan fingerprint density at radius 3 is 2.72 bits per heavy atom. The molecule has 18 heavy (non-hydrogen) atoms. The Morgan fingerprint density at radius 1 is 1.33 bits per heavy atom. The number of halogens is 1. The molecule has 0 bridgehead atoms. The summed E-state index contributed by atoms with van der Waals surface area (Å²) in [6.45, 7) is 1.71. The van der Waals surface area contributed by atoms with E-state index in [9.17, 15) is 4.79 Å². The van der Waals surface area contributed by atoms with E-state index in [2.05, 4.69) is 11.1 Å². The van der Waals surface area contributed by atoms with Crippen molar-refractivity contribution in [3.63, 3.8) is 0 Å². The van der Waals surface area contributed by atoms with Gasteiger partial charge in [-0.3, -0.25) is 4.79 Å². The monoisotopic (exact) mass is 258 g/mol. The Morgan fingerprint density at radius 2 is 2.06 bits per heavy atom. The summed E-state index contributed by atoms with van der Waals surface area (Å²) in [6.07, 6.45) is 0.421. The number of hydrogen-bond acceptors (Lipinski definition) is 2. The van der Waals surface area contributed by atoms with Gasteiger partial charge in [0.2, 0.25) is 0 Å². The summed E-state index contributed by atoms with van der Waals surface area (Å²) in [4.78, 5) is 14.5. The normalized spacial score (nSPS) is 10.1. The van der Waals surface area contributed by atoms with Gasteiger partial charge < -0.3 is 4.98 Å². The lowest BCUT2D eigenvalue weighted by Gasteiger charge is -2.05. The molecule has 90 valence electrons. The number of nitrogens with zero attached hydrogens (tertiary/aromatic N) is 1. The molecule has 2 rings (SSSR count). The average Bonchev–Trinajstić information content (AvgIpc) is 2.35. The number of nitrogens with one attached hydrogen (secondary N) is 1. The number of aromatic nitrogens is 1. The maximum Gasteiger partial charge on any atom is 0.251 e. The van der Waals surface area contributed by atoms with Gasteiger partial charge in [0.05, 0.1) is 5.56 Å². The molecule has 1 aromatic carbocycles. The molecular formula is C14H11ClN2O. The number of aromatic amines is 1. The molecule has 0 saturated heterocycles. The first-order valence-corrected chi connectivity index (χ1v) is 5.86. The molecule has 3 nitrogen and oxygen atoms in total. The maximum absolute atomic E-state index is 11.8. The number of pyridine rings is 1. The molecule has 0 unspecified atom stereocenters. The largest absolute Gasteiger partial charge is 0.325 e. The molecule has 1 heterocycles. The summed E-state index contributed by atoms with van der Waals surface area (Å²) in [5.74, 6) is 0. The quantitative estimate of drug-likeness (QED) is 0.901. The van der Waals surface area contributed by atoms with Crippen LogP contribution >= 0.6 is 11.6 Å². The van der Waals surface area contributed by atoms with Crippen LogP contribution in [0.1, 0.15) is 22.4 Å². The summed E-state index contributed by atoms with van der Waals surface area (Å²) >= 11 is 6.05. The number of hydrogen-bond donors (Lipinski definition) is 1. The zero-order valence-electron chi connectivity index (χ0n) is 9.83. The minimum absolute atomic E-state index is 0.175. The van der Waals surface area contributed by atoms with Crippen molar-refractivity contribution >= 4 is 11.6 Å². The van der Waals surface area contributed by atoms with Crippen molar-refractivity contribution in [3.05, 3.63) is 68.1 Å². The van der Waals surface area contributed by atoms with E-state index in [0.29, 0.717) is 28.3 Å². The molecule has 1 aromatic heterocycles. The molecule has 0 radical (unpaired) electrons. The van der Waals surface area contributed by atoms with Crippen molar-refractivity contribution in [2.75, 3.05) is 0 Å². The zero-order chi connectivity index (χ0) is 13.1. The lowest BCUT2D eigenvalue weighted by Crippen LogP contribution is -2.15. The van der Waals surface area contributed by atoms with E-state index >= 15 is 0 Å². The smallest absolute Gasteiger partial charge is 0.251 e. The van der Waals surface area contributed by atoms with Crippen LogP contribution in [0.25, 0.3) is 0 Å². The Labute approximate surface area is 110 Å². The highest BCUT2D eigenvalue weighted by atomic mass is 35.5. The van der Waals surface area contributed by atoms with Crippen LogP contribution in [0.15, 0.2) is 35.1 Å². The molecule has 0 amide bonds. The molecule has 0 spiro atoms. The van der Waals surface area contributed by atoms with Gasteiger partial charge in [-0.2, -0.15) is 5.26 Å². The highest BCUT2D eigenvalue weighted by Crippen LogP contribution is 2.18. The standard InChI is InChI=1S/C14H11ClN2O/c1-9-12(8-16)7-11(14(18)17-9)6-10-4-2-3-5-13(10)15/h2-5,7H,6H2,1H3,(H,17,18). The minimum Gasteiger partial charge on any atom is -0.325 e. The van der Waals surface area contributed by atoms with Gasteiger partial charge in [-0.15, -0.1) is 0 Å². The summed E-state index contributed by atoms with van der Waals surface area (Å²) in [7, 11) is 0. The van der Waals surface area contributed by atoms with Crippen molar-refractivity contribution in [3.8, 4) is 6.07 Å². The van der Waals surface area contributed by atoms with Gasteiger partial charge in [0.25, 0.3) is 5.56 Å².